The van der Waals surface area contributed by atoms with Gasteiger partial charge in [0.05, 0.1) is 6.07 Å². The number of nitriles is 1. The van der Waals surface area contributed by atoms with Crippen molar-refractivity contribution in [3.63, 3.8) is 0 Å². The number of ether oxygens (including phenoxy) is 1. The van der Waals surface area contributed by atoms with Crippen LogP contribution in [0.4, 0.5) is 4.79 Å². The predicted molar refractivity (Wildman–Crippen MR) is 90.1 cm³/mol. The first kappa shape index (κ1) is 18.6. The van der Waals surface area contributed by atoms with Gasteiger partial charge in [0.15, 0.2) is 0 Å². The maximum absolute atomic E-state index is 12.5. The lowest BCUT2D eigenvalue weighted by molar-refractivity contribution is -0.129. The van der Waals surface area contributed by atoms with E-state index >= 15 is 0 Å². The zero-order valence-corrected chi connectivity index (χ0v) is 15.2. The standard InChI is InChI=1S/C18H29N3O3/c1-13-11-14(7-10-21(13)16(23)24-17(2,3)4)20-15(22)18(12-19)8-5-6-9-18/h13-14H,5-11H2,1-4H3,(H,20,22)/t13-,14+/m0/s1. The van der Waals surface area contributed by atoms with Crippen molar-refractivity contribution in [2.75, 3.05) is 6.54 Å². The van der Waals surface area contributed by atoms with Gasteiger partial charge in [-0.2, -0.15) is 5.26 Å². The van der Waals surface area contributed by atoms with Crippen LogP contribution in [0.1, 0.15) is 66.2 Å². The van der Waals surface area contributed by atoms with Crippen molar-refractivity contribution in [2.24, 2.45) is 5.41 Å². The highest BCUT2D eigenvalue weighted by molar-refractivity contribution is 5.86. The Bertz CT molecular complexity index is 527. The minimum absolute atomic E-state index is 0.000476. The van der Waals surface area contributed by atoms with Crippen LogP contribution in [-0.2, 0) is 9.53 Å². The molecule has 0 aromatic heterocycles. The van der Waals surface area contributed by atoms with Gasteiger partial charge in [-0.25, -0.2) is 4.79 Å². The van der Waals surface area contributed by atoms with Crippen LogP contribution in [0.5, 0.6) is 0 Å². The SMILES string of the molecule is C[C@H]1C[C@H](NC(=O)C2(C#N)CCCC2)CCN1C(=O)OC(C)(C)C. The molecule has 0 aromatic carbocycles. The largest absolute Gasteiger partial charge is 0.444 e. The van der Waals surface area contributed by atoms with E-state index in [-0.39, 0.29) is 24.1 Å². The van der Waals surface area contributed by atoms with Crippen LogP contribution < -0.4 is 5.32 Å². The highest BCUT2D eigenvalue weighted by Crippen LogP contribution is 2.38. The van der Waals surface area contributed by atoms with Crippen molar-refractivity contribution in [3.8, 4) is 6.07 Å². The van der Waals surface area contributed by atoms with Gasteiger partial charge in [-0.1, -0.05) is 12.8 Å². The molecule has 0 spiro atoms. The molecule has 0 unspecified atom stereocenters. The van der Waals surface area contributed by atoms with Crippen molar-refractivity contribution in [3.05, 3.63) is 0 Å². The number of hydrogen-bond donors (Lipinski definition) is 1. The summed E-state index contributed by atoms with van der Waals surface area (Å²) in [4.78, 5) is 26.5. The molecular formula is C18H29N3O3. The van der Waals surface area contributed by atoms with Gasteiger partial charge in [0, 0.05) is 18.6 Å². The second-order valence-electron chi connectivity index (χ2n) is 8.12. The number of rotatable bonds is 2. The van der Waals surface area contributed by atoms with Gasteiger partial charge in [0.1, 0.15) is 11.0 Å². The summed E-state index contributed by atoms with van der Waals surface area (Å²) in [5, 5.41) is 12.5. The molecule has 6 heteroatoms. The Balaban J connectivity index is 1.90. The fourth-order valence-corrected chi connectivity index (χ4v) is 3.59. The summed E-state index contributed by atoms with van der Waals surface area (Å²) in [7, 11) is 0. The molecular weight excluding hydrogens is 306 g/mol. The van der Waals surface area contributed by atoms with Crippen molar-refractivity contribution >= 4 is 12.0 Å². The first-order valence-electron chi connectivity index (χ1n) is 8.89. The number of carbonyl (C=O) groups excluding carboxylic acids is 2. The van der Waals surface area contributed by atoms with E-state index in [2.05, 4.69) is 11.4 Å². The summed E-state index contributed by atoms with van der Waals surface area (Å²) in [6, 6.07) is 2.25. The Kier molecular flexibility index (Phi) is 5.42. The number of carbonyl (C=O) groups is 2. The third kappa shape index (κ3) is 4.19. The van der Waals surface area contributed by atoms with E-state index in [9.17, 15) is 14.9 Å². The number of piperidine rings is 1. The zero-order chi connectivity index (χ0) is 18.0. The molecule has 0 aromatic rings. The summed E-state index contributed by atoms with van der Waals surface area (Å²) in [6.45, 7) is 8.08. The molecule has 2 fully saturated rings. The molecule has 1 N–H and O–H groups in total. The highest BCUT2D eigenvalue weighted by Gasteiger charge is 2.43. The highest BCUT2D eigenvalue weighted by atomic mass is 16.6. The molecule has 0 radical (unpaired) electrons. The van der Waals surface area contributed by atoms with Crippen LogP contribution in [-0.4, -0.2) is 41.1 Å². The average molecular weight is 335 g/mol. The Labute approximate surface area is 144 Å². The van der Waals surface area contributed by atoms with Crippen molar-refractivity contribution in [1.82, 2.24) is 10.2 Å². The smallest absolute Gasteiger partial charge is 0.410 e. The van der Waals surface area contributed by atoms with E-state index < -0.39 is 11.0 Å². The monoisotopic (exact) mass is 335 g/mol. The van der Waals surface area contributed by atoms with E-state index in [4.69, 9.17) is 4.74 Å². The van der Waals surface area contributed by atoms with E-state index in [1.807, 2.05) is 27.7 Å². The second-order valence-corrected chi connectivity index (χ2v) is 8.12. The molecule has 1 saturated carbocycles. The molecule has 1 saturated heterocycles. The zero-order valence-electron chi connectivity index (χ0n) is 15.2. The summed E-state index contributed by atoms with van der Waals surface area (Å²) in [5.41, 5.74) is -1.35. The van der Waals surface area contributed by atoms with E-state index in [0.717, 1.165) is 12.8 Å². The van der Waals surface area contributed by atoms with Gasteiger partial charge in [0.25, 0.3) is 0 Å². The Morgan fingerprint density at radius 2 is 1.92 bits per heavy atom. The Morgan fingerprint density at radius 3 is 2.42 bits per heavy atom. The lowest BCUT2D eigenvalue weighted by Crippen LogP contribution is -2.53. The number of nitrogens with one attached hydrogen (secondary N) is 1. The van der Waals surface area contributed by atoms with Crippen LogP contribution >= 0.6 is 0 Å². The predicted octanol–water partition coefficient (Wildman–Crippen LogP) is 2.97. The normalized spacial score (nSPS) is 26.5. The van der Waals surface area contributed by atoms with Gasteiger partial charge in [-0.15, -0.1) is 0 Å². The van der Waals surface area contributed by atoms with Crippen LogP contribution in [0, 0.1) is 16.7 Å². The van der Waals surface area contributed by atoms with E-state index in [0.29, 0.717) is 32.2 Å². The summed E-state index contributed by atoms with van der Waals surface area (Å²) in [5.74, 6) is -0.134. The molecule has 2 amide bonds. The Hall–Kier alpha value is -1.77. The molecule has 0 bridgehead atoms. The van der Waals surface area contributed by atoms with Crippen molar-refractivity contribution < 1.29 is 14.3 Å². The molecule has 1 aliphatic carbocycles. The molecule has 2 rings (SSSR count). The third-order valence-electron chi connectivity index (χ3n) is 4.95. The van der Waals surface area contributed by atoms with Crippen molar-refractivity contribution in [1.29, 1.82) is 5.26 Å². The summed E-state index contributed by atoms with van der Waals surface area (Å²) < 4.78 is 5.44. The number of amides is 2. The van der Waals surface area contributed by atoms with E-state index in [1.54, 1.807) is 4.90 Å². The van der Waals surface area contributed by atoms with Gasteiger partial charge in [-0.05, 0) is 53.4 Å². The maximum atomic E-state index is 12.5. The first-order chi connectivity index (χ1) is 11.2. The molecule has 6 nitrogen and oxygen atoms in total. The first-order valence-corrected chi connectivity index (χ1v) is 8.89. The van der Waals surface area contributed by atoms with Gasteiger partial charge in [-0.3, -0.25) is 4.79 Å². The van der Waals surface area contributed by atoms with Crippen LogP contribution in [0.2, 0.25) is 0 Å². The fraction of sp³-hybridized carbons (Fsp3) is 0.833. The van der Waals surface area contributed by atoms with Crippen LogP contribution in [0.3, 0.4) is 0 Å². The van der Waals surface area contributed by atoms with Crippen molar-refractivity contribution in [2.45, 2.75) is 83.9 Å². The number of hydrogen-bond acceptors (Lipinski definition) is 4. The average Bonchev–Trinajstić information content (AvgIpc) is 2.95. The molecule has 2 aliphatic rings. The van der Waals surface area contributed by atoms with Gasteiger partial charge in [0.2, 0.25) is 5.91 Å². The third-order valence-corrected chi connectivity index (χ3v) is 4.95. The summed E-state index contributed by atoms with van der Waals surface area (Å²) in [6.07, 6.45) is 4.26. The number of likely N-dealkylation sites (tertiary alicyclic amines) is 1. The molecule has 134 valence electrons. The topological polar surface area (TPSA) is 82.4 Å². The molecule has 1 aliphatic heterocycles. The van der Waals surface area contributed by atoms with E-state index in [1.165, 1.54) is 0 Å². The lowest BCUT2D eigenvalue weighted by Gasteiger charge is -2.39. The maximum Gasteiger partial charge on any atom is 0.410 e. The van der Waals surface area contributed by atoms with Crippen LogP contribution in [0.25, 0.3) is 0 Å². The molecule has 2 atom stereocenters. The van der Waals surface area contributed by atoms with Gasteiger partial charge < -0.3 is 15.0 Å². The fourth-order valence-electron chi connectivity index (χ4n) is 3.59. The Morgan fingerprint density at radius 1 is 1.29 bits per heavy atom. The quantitative estimate of drug-likeness (QED) is 0.841. The van der Waals surface area contributed by atoms with Gasteiger partial charge >= 0.3 is 6.09 Å². The minimum atomic E-state index is -0.842. The molecule has 1 heterocycles. The minimum Gasteiger partial charge on any atom is -0.444 e. The summed E-state index contributed by atoms with van der Waals surface area (Å²) >= 11 is 0. The van der Waals surface area contributed by atoms with Crippen LogP contribution in [0.15, 0.2) is 0 Å². The lowest BCUT2D eigenvalue weighted by atomic mass is 9.86. The molecule has 24 heavy (non-hydrogen) atoms. The number of nitrogens with zero attached hydrogens (tertiary/aromatic N) is 2. The second kappa shape index (κ2) is 7.00.